The normalized spacial score (nSPS) is 17.6. The summed E-state index contributed by atoms with van der Waals surface area (Å²) in [5.74, 6) is 1.69. The van der Waals surface area contributed by atoms with Crippen molar-refractivity contribution < 1.29 is 14.6 Å². The zero-order valence-corrected chi connectivity index (χ0v) is 12.4. The third kappa shape index (κ3) is 3.40. The zero-order chi connectivity index (χ0) is 15.4. The van der Waals surface area contributed by atoms with Gasteiger partial charge in [0.05, 0.1) is 6.10 Å². The molecular formula is C18H21NO3. The van der Waals surface area contributed by atoms with E-state index in [-0.39, 0.29) is 6.10 Å². The van der Waals surface area contributed by atoms with E-state index < -0.39 is 6.10 Å². The van der Waals surface area contributed by atoms with Crippen molar-refractivity contribution in [2.45, 2.75) is 25.0 Å². The van der Waals surface area contributed by atoms with Gasteiger partial charge in [-0.3, -0.25) is 0 Å². The minimum absolute atomic E-state index is 0.0371. The molecule has 0 saturated heterocycles. The van der Waals surface area contributed by atoms with Crippen LogP contribution in [0.2, 0.25) is 0 Å². The summed E-state index contributed by atoms with van der Waals surface area (Å²) >= 11 is 0. The molecule has 0 saturated carbocycles. The number of ether oxygens (including phenoxy) is 2. The highest BCUT2D eigenvalue weighted by Crippen LogP contribution is 2.28. The van der Waals surface area contributed by atoms with Gasteiger partial charge in [-0.1, -0.05) is 30.3 Å². The lowest BCUT2D eigenvalue weighted by molar-refractivity contribution is 0.147. The van der Waals surface area contributed by atoms with Gasteiger partial charge in [0.15, 0.2) is 0 Å². The number of fused-ring (bicyclic) bond motifs is 1. The number of nitrogens with two attached hydrogens (primary N) is 1. The zero-order valence-electron chi connectivity index (χ0n) is 12.4. The summed E-state index contributed by atoms with van der Waals surface area (Å²) in [4.78, 5) is 0. The molecule has 1 heterocycles. The van der Waals surface area contributed by atoms with Crippen LogP contribution >= 0.6 is 0 Å². The summed E-state index contributed by atoms with van der Waals surface area (Å²) in [5.41, 5.74) is 7.54. The second-order valence-electron chi connectivity index (χ2n) is 5.53. The number of hydrogen-bond acceptors (Lipinski definition) is 4. The van der Waals surface area contributed by atoms with Crippen molar-refractivity contribution in [2.24, 2.45) is 5.73 Å². The lowest BCUT2D eigenvalue weighted by atomic mass is 10.1. The molecule has 0 aliphatic carbocycles. The Bertz CT molecular complexity index is 604. The fourth-order valence-electron chi connectivity index (χ4n) is 2.67. The maximum absolute atomic E-state index is 9.98. The molecule has 116 valence electrons. The smallest absolute Gasteiger partial charge is 0.137 e. The Balaban J connectivity index is 1.57. The number of aliphatic hydroxyl groups excluding tert-OH is 1. The number of hydrogen-bond donors (Lipinski definition) is 2. The van der Waals surface area contributed by atoms with Gasteiger partial charge < -0.3 is 20.3 Å². The van der Waals surface area contributed by atoms with Gasteiger partial charge in [-0.15, -0.1) is 0 Å². The lowest BCUT2D eigenvalue weighted by Gasteiger charge is -2.14. The molecule has 0 radical (unpaired) electrons. The van der Waals surface area contributed by atoms with Gasteiger partial charge in [0.2, 0.25) is 0 Å². The Labute approximate surface area is 130 Å². The first kappa shape index (κ1) is 14.9. The van der Waals surface area contributed by atoms with E-state index in [1.54, 1.807) is 0 Å². The van der Waals surface area contributed by atoms with Crippen molar-refractivity contribution in [3.05, 3.63) is 59.7 Å². The minimum atomic E-state index is -0.541. The number of para-hydroxylation sites is 1. The molecule has 4 heteroatoms. The third-order valence-electron chi connectivity index (χ3n) is 3.83. The molecule has 3 N–H and O–H groups in total. The highest BCUT2D eigenvalue weighted by atomic mass is 16.5. The molecule has 0 bridgehead atoms. The van der Waals surface area contributed by atoms with Crippen molar-refractivity contribution in [1.29, 1.82) is 0 Å². The molecule has 3 rings (SSSR count). The van der Waals surface area contributed by atoms with E-state index in [9.17, 15) is 5.11 Å². The molecule has 0 amide bonds. The number of aliphatic hydroxyl groups is 1. The molecule has 22 heavy (non-hydrogen) atoms. The van der Waals surface area contributed by atoms with E-state index in [2.05, 4.69) is 6.07 Å². The van der Waals surface area contributed by atoms with Crippen LogP contribution in [0.1, 0.15) is 23.7 Å². The molecule has 2 aromatic rings. The van der Waals surface area contributed by atoms with Gasteiger partial charge in [-0.2, -0.15) is 0 Å². The summed E-state index contributed by atoms with van der Waals surface area (Å²) < 4.78 is 11.7. The second kappa shape index (κ2) is 6.81. The molecule has 2 atom stereocenters. The molecule has 0 fully saturated rings. The second-order valence-corrected chi connectivity index (χ2v) is 5.53. The predicted octanol–water partition coefficient (Wildman–Crippen LogP) is 2.45. The summed E-state index contributed by atoms with van der Waals surface area (Å²) in [5, 5.41) is 9.98. The summed E-state index contributed by atoms with van der Waals surface area (Å²) in [6.07, 6.45) is 0.909. The largest absolute Gasteiger partial charge is 0.490 e. The molecule has 1 aliphatic rings. The van der Waals surface area contributed by atoms with Crippen LogP contribution in [-0.4, -0.2) is 24.4 Å². The van der Waals surface area contributed by atoms with Crippen LogP contribution in [0.15, 0.2) is 48.5 Å². The monoisotopic (exact) mass is 299 g/mol. The van der Waals surface area contributed by atoms with Crippen LogP contribution in [0.4, 0.5) is 0 Å². The summed E-state index contributed by atoms with van der Waals surface area (Å²) in [6, 6.07) is 15.6. The first-order valence-electron chi connectivity index (χ1n) is 7.61. The van der Waals surface area contributed by atoms with Crippen molar-refractivity contribution in [3.8, 4) is 11.5 Å². The third-order valence-corrected chi connectivity index (χ3v) is 3.83. The van der Waals surface area contributed by atoms with Crippen molar-refractivity contribution >= 4 is 0 Å². The van der Waals surface area contributed by atoms with E-state index in [1.165, 1.54) is 5.56 Å². The first-order valence-corrected chi connectivity index (χ1v) is 7.61. The van der Waals surface area contributed by atoms with Crippen LogP contribution in [0, 0.1) is 0 Å². The van der Waals surface area contributed by atoms with Gasteiger partial charge in [-0.25, -0.2) is 0 Å². The molecule has 2 aromatic carbocycles. The van der Waals surface area contributed by atoms with Gasteiger partial charge in [0, 0.05) is 6.42 Å². The van der Waals surface area contributed by atoms with Crippen LogP contribution in [-0.2, 0) is 6.42 Å². The first-order chi connectivity index (χ1) is 10.8. The van der Waals surface area contributed by atoms with E-state index in [0.717, 1.165) is 23.5 Å². The summed E-state index contributed by atoms with van der Waals surface area (Å²) in [6.45, 7) is 0.950. The Morgan fingerprint density at radius 1 is 1.23 bits per heavy atom. The molecule has 0 aromatic heterocycles. The van der Waals surface area contributed by atoms with Crippen molar-refractivity contribution in [2.75, 3.05) is 13.2 Å². The van der Waals surface area contributed by atoms with Crippen LogP contribution in [0.3, 0.4) is 0 Å². The van der Waals surface area contributed by atoms with Gasteiger partial charge in [-0.05, 0) is 42.3 Å². The molecule has 2 unspecified atom stereocenters. The topological polar surface area (TPSA) is 64.7 Å². The van der Waals surface area contributed by atoms with Crippen LogP contribution in [0.25, 0.3) is 0 Å². The predicted molar refractivity (Wildman–Crippen MR) is 85.1 cm³/mol. The van der Waals surface area contributed by atoms with Gasteiger partial charge in [0.1, 0.15) is 24.2 Å². The Morgan fingerprint density at radius 2 is 2.09 bits per heavy atom. The van der Waals surface area contributed by atoms with E-state index in [1.807, 2.05) is 42.5 Å². The standard InChI is InChI=1S/C18H21NO3/c19-9-8-17(20)13-5-3-6-15(10-13)21-12-16-11-14-4-1-2-7-18(14)22-16/h1-7,10,16-17,20H,8-9,11-12,19H2. The average molecular weight is 299 g/mol. The minimum Gasteiger partial charge on any atom is -0.490 e. The average Bonchev–Trinajstić information content (AvgIpc) is 2.96. The molecular weight excluding hydrogens is 278 g/mol. The van der Waals surface area contributed by atoms with Crippen LogP contribution in [0.5, 0.6) is 11.5 Å². The molecule has 0 spiro atoms. The number of rotatable bonds is 6. The van der Waals surface area contributed by atoms with Crippen molar-refractivity contribution in [1.82, 2.24) is 0 Å². The van der Waals surface area contributed by atoms with E-state index >= 15 is 0 Å². The van der Waals surface area contributed by atoms with Crippen molar-refractivity contribution in [3.63, 3.8) is 0 Å². The van der Waals surface area contributed by atoms with Gasteiger partial charge >= 0.3 is 0 Å². The van der Waals surface area contributed by atoms with E-state index in [4.69, 9.17) is 15.2 Å². The molecule has 4 nitrogen and oxygen atoms in total. The fraction of sp³-hybridized carbons (Fsp3) is 0.333. The Hall–Kier alpha value is -2.04. The Morgan fingerprint density at radius 3 is 2.91 bits per heavy atom. The van der Waals surface area contributed by atoms with E-state index in [0.29, 0.717) is 19.6 Å². The highest BCUT2D eigenvalue weighted by molar-refractivity contribution is 5.37. The maximum Gasteiger partial charge on any atom is 0.137 e. The highest BCUT2D eigenvalue weighted by Gasteiger charge is 2.22. The Kier molecular flexibility index (Phi) is 4.61. The quantitative estimate of drug-likeness (QED) is 0.860. The fourth-order valence-corrected chi connectivity index (χ4v) is 2.67. The maximum atomic E-state index is 9.98. The van der Waals surface area contributed by atoms with Crippen LogP contribution < -0.4 is 15.2 Å². The SMILES string of the molecule is NCCC(O)c1cccc(OCC2Cc3ccccc3O2)c1. The van der Waals surface area contributed by atoms with Gasteiger partial charge in [0.25, 0.3) is 0 Å². The lowest BCUT2D eigenvalue weighted by Crippen LogP contribution is -2.22. The molecule has 1 aliphatic heterocycles. The summed E-state index contributed by atoms with van der Waals surface area (Å²) in [7, 11) is 0. The number of benzene rings is 2.